The van der Waals surface area contributed by atoms with Crippen molar-refractivity contribution in [3.8, 4) is 11.3 Å². The van der Waals surface area contributed by atoms with Gasteiger partial charge in [0.25, 0.3) is 5.56 Å². The summed E-state index contributed by atoms with van der Waals surface area (Å²) in [7, 11) is 1.54. The molecule has 0 aliphatic carbocycles. The van der Waals surface area contributed by atoms with Gasteiger partial charge in [-0.2, -0.15) is 18.3 Å². The van der Waals surface area contributed by atoms with Crippen LogP contribution in [0.1, 0.15) is 25.1 Å². The van der Waals surface area contributed by atoms with Crippen molar-refractivity contribution in [3.05, 3.63) is 57.9 Å². The molecule has 8 nitrogen and oxygen atoms in total. The van der Waals surface area contributed by atoms with E-state index in [9.17, 15) is 22.4 Å². The Labute approximate surface area is 186 Å². The van der Waals surface area contributed by atoms with E-state index in [1.165, 1.54) is 10.7 Å². The lowest BCUT2D eigenvalue weighted by atomic mass is 10.1. The number of alkyl halides is 3. The van der Waals surface area contributed by atoms with Crippen LogP contribution in [0.5, 0.6) is 0 Å². The van der Waals surface area contributed by atoms with Crippen LogP contribution in [0.2, 0.25) is 0 Å². The standard InChI is InChI=1S/C21H22F4N6O2/c1-12(2)33-15-9-30(10-15)14-7-19(32)31(26-8-14)11-18-20(27-28-29(18)3)16-5-4-13(6-17(16)22)21(23,24)25/h4-8,12,15H,9-11H2,1-3H3. The van der Waals surface area contributed by atoms with Crippen LogP contribution in [-0.2, 0) is 24.5 Å². The summed E-state index contributed by atoms with van der Waals surface area (Å²) in [5.41, 5.74) is -0.608. The third kappa shape index (κ3) is 4.75. The molecule has 0 radical (unpaired) electrons. The number of aryl methyl sites for hydroxylation is 1. The first-order valence-corrected chi connectivity index (χ1v) is 10.3. The van der Waals surface area contributed by atoms with Gasteiger partial charge >= 0.3 is 6.18 Å². The molecular formula is C21H22F4N6O2. The highest BCUT2D eigenvalue weighted by molar-refractivity contribution is 5.62. The van der Waals surface area contributed by atoms with Gasteiger partial charge < -0.3 is 9.64 Å². The first kappa shape index (κ1) is 22.9. The minimum absolute atomic E-state index is 0.0397. The fraction of sp³-hybridized carbons (Fsp3) is 0.429. The molecule has 3 aromatic rings. The van der Waals surface area contributed by atoms with E-state index in [0.29, 0.717) is 30.5 Å². The van der Waals surface area contributed by atoms with Crippen molar-refractivity contribution in [2.24, 2.45) is 7.05 Å². The molecule has 0 bridgehead atoms. The second kappa shape index (κ2) is 8.58. The zero-order chi connectivity index (χ0) is 23.9. The zero-order valence-corrected chi connectivity index (χ0v) is 18.2. The van der Waals surface area contributed by atoms with Crippen molar-refractivity contribution in [3.63, 3.8) is 0 Å². The summed E-state index contributed by atoms with van der Waals surface area (Å²) in [6, 6.07) is 3.64. The van der Waals surface area contributed by atoms with Crippen LogP contribution in [0.15, 0.2) is 35.3 Å². The Kier molecular flexibility index (Phi) is 5.95. The fourth-order valence-electron chi connectivity index (χ4n) is 3.62. The number of ether oxygens (including phenoxy) is 1. The summed E-state index contributed by atoms with van der Waals surface area (Å²) in [6.07, 6.45) is -2.88. The first-order chi connectivity index (χ1) is 15.5. The summed E-state index contributed by atoms with van der Waals surface area (Å²) in [4.78, 5) is 14.6. The van der Waals surface area contributed by atoms with Gasteiger partial charge in [-0.1, -0.05) is 5.21 Å². The van der Waals surface area contributed by atoms with Gasteiger partial charge in [0.05, 0.1) is 41.9 Å². The van der Waals surface area contributed by atoms with Gasteiger partial charge in [0.15, 0.2) is 0 Å². The summed E-state index contributed by atoms with van der Waals surface area (Å²) >= 11 is 0. The van der Waals surface area contributed by atoms with E-state index in [4.69, 9.17) is 4.74 Å². The molecule has 0 saturated carbocycles. The molecule has 2 aromatic heterocycles. The molecule has 1 fully saturated rings. The van der Waals surface area contributed by atoms with Gasteiger partial charge in [-0.3, -0.25) is 4.79 Å². The number of hydrogen-bond acceptors (Lipinski definition) is 6. The van der Waals surface area contributed by atoms with E-state index in [0.717, 1.165) is 16.8 Å². The molecule has 4 rings (SSSR count). The number of anilines is 1. The molecule has 176 valence electrons. The van der Waals surface area contributed by atoms with Crippen LogP contribution >= 0.6 is 0 Å². The van der Waals surface area contributed by atoms with Crippen LogP contribution in [0.3, 0.4) is 0 Å². The number of benzene rings is 1. The van der Waals surface area contributed by atoms with Gasteiger partial charge in [0, 0.05) is 31.8 Å². The Hall–Kier alpha value is -3.28. The van der Waals surface area contributed by atoms with Crippen molar-refractivity contribution in [1.82, 2.24) is 24.8 Å². The number of nitrogens with zero attached hydrogens (tertiary/aromatic N) is 6. The van der Waals surface area contributed by atoms with Crippen molar-refractivity contribution < 1.29 is 22.3 Å². The predicted molar refractivity (Wildman–Crippen MR) is 111 cm³/mol. The second-order valence-corrected chi connectivity index (χ2v) is 8.12. The highest BCUT2D eigenvalue weighted by Gasteiger charge is 2.32. The molecule has 3 heterocycles. The molecule has 0 N–H and O–H groups in total. The van der Waals surface area contributed by atoms with E-state index in [2.05, 4.69) is 15.4 Å². The Morgan fingerprint density at radius 2 is 1.94 bits per heavy atom. The highest BCUT2D eigenvalue weighted by Crippen LogP contribution is 2.33. The molecule has 1 aromatic carbocycles. The van der Waals surface area contributed by atoms with Gasteiger partial charge in [-0.15, -0.1) is 5.10 Å². The van der Waals surface area contributed by atoms with E-state index in [1.54, 1.807) is 13.2 Å². The normalized spacial score (nSPS) is 14.7. The minimum atomic E-state index is -4.67. The third-order valence-corrected chi connectivity index (χ3v) is 5.33. The van der Waals surface area contributed by atoms with Crippen LogP contribution < -0.4 is 10.5 Å². The maximum Gasteiger partial charge on any atom is 0.416 e. The van der Waals surface area contributed by atoms with Crippen LogP contribution in [0, 0.1) is 5.82 Å². The van der Waals surface area contributed by atoms with Gasteiger partial charge in [-0.05, 0) is 32.0 Å². The summed E-state index contributed by atoms with van der Waals surface area (Å²) < 4.78 is 61.3. The zero-order valence-electron chi connectivity index (χ0n) is 18.2. The first-order valence-electron chi connectivity index (χ1n) is 10.3. The van der Waals surface area contributed by atoms with Gasteiger partial charge in [-0.25, -0.2) is 13.8 Å². The molecule has 12 heteroatoms. The molecule has 1 aliphatic rings. The molecular weight excluding hydrogens is 444 g/mol. The quantitative estimate of drug-likeness (QED) is 0.520. The lowest BCUT2D eigenvalue weighted by molar-refractivity contribution is -0.137. The van der Waals surface area contributed by atoms with E-state index in [1.807, 2.05) is 18.7 Å². The lowest BCUT2D eigenvalue weighted by Gasteiger charge is -2.41. The summed E-state index contributed by atoms with van der Waals surface area (Å²) in [5, 5.41) is 11.9. The minimum Gasteiger partial charge on any atom is -0.372 e. The average molecular weight is 466 g/mol. The van der Waals surface area contributed by atoms with Crippen LogP contribution in [0.4, 0.5) is 23.2 Å². The lowest BCUT2D eigenvalue weighted by Crippen LogP contribution is -2.53. The van der Waals surface area contributed by atoms with Crippen molar-refractivity contribution in [1.29, 1.82) is 0 Å². The molecule has 33 heavy (non-hydrogen) atoms. The van der Waals surface area contributed by atoms with E-state index < -0.39 is 17.6 Å². The van der Waals surface area contributed by atoms with Crippen molar-refractivity contribution in [2.45, 2.75) is 38.8 Å². The molecule has 0 amide bonds. The number of halogens is 4. The van der Waals surface area contributed by atoms with Crippen molar-refractivity contribution >= 4 is 5.69 Å². The molecule has 1 saturated heterocycles. The predicted octanol–water partition coefficient (Wildman–Crippen LogP) is 2.86. The molecule has 0 spiro atoms. The maximum absolute atomic E-state index is 14.5. The Morgan fingerprint density at radius 1 is 1.21 bits per heavy atom. The monoisotopic (exact) mass is 466 g/mol. The fourth-order valence-corrected chi connectivity index (χ4v) is 3.62. The summed E-state index contributed by atoms with van der Waals surface area (Å²) in [5.74, 6) is -1.09. The van der Waals surface area contributed by atoms with E-state index in [-0.39, 0.29) is 35.6 Å². The molecule has 0 unspecified atom stereocenters. The van der Waals surface area contributed by atoms with Crippen LogP contribution in [-0.4, -0.2) is 50.1 Å². The SMILES string of the molecule is CC(C)OC1CN(c2cnn(Cc3c(-c4ccc(C(F)(F)F)cc4F)nnn3C)c(=O)c2)C1. The highest BCUT2D eigenvalue weighted by atomic mass is 19.4. The average Bonchev–Trinajstić information content (AvgIpc) is 3.05. The molecule has 1 aliphatic heterocycles. The Bertz CT molecular complexity index is 1210. The number of aromatic nitrogens is 5. The maximum atomic E-state index is 14.5. The Balaban J connectivity index is 1.55. The Morgan fingerprint density at radius 3 is 2.55 bits per heavy atom. The van der Waals surface area contributed by atoms with Gasteiger partial charge in [0.2, 0.25) is 0 Å². The largest absolute Gasteiger partial charge is 0.416 e. The second-order valence-electron chi connectivity index (χ2n) is 8.12. The number of rotatable bonds is 6. The molecule has 0 atom stereocenters. The number of hydrogen-bond donors (Lipinski definition) is 0. The van der Waals surface area contributed by atoms with E-state index >= 15 is 0 Å². The van der Waals surface area contributed by atoms with Crippen LogP contribution in [0.25, 0.3) is 11.3 Å². The summed E-state index contributed by atoms with van der Waals surface area (Å²) in [6.45, 7) is 5.16. The van der Waals surface area contributed by atoms with Gasteiger partial charge in [0.1, 0.15) is 11.5 Å². The topological polar surface area (TPSA) is 78.1 Å². The smallest absolute Gasteiger partial charge is 0.372 e. The van der Waals surface area contributed by atoms with Crippen molar-refractivity contribution in [2.75, 3.05) is 18.0 Å². The third-order valence-electron chi connectivity index (χ3n) is 5.33.